The maximum absolute atomic E-state index is 7.00. The van der Waals surface area contributed by atoms with Crippen LogP contribution in [0.25, 0.3) is 0 Å². The van der Waals surface area contributed by atoms with Gasteiger partial charge >= 0.3 is 0 Å². The first-order valence-corrected chi connectivity index (χ1v) is 6.46. The topological polar surface area (TPSA) is 92.5 Å². The molecule has 0 aromatic carbocycles. The predicted molar refractivity (Wildman–Crippen MR) is 113 cm³/mol. The van der Waals surface area contributed by atoms with Crippen LogP contribution in [-0.2, 0) is 0 Å². The van der Waals surface area contributed by atoms with Crippen molar-refractivity contribution in [1.82, 2.24) is 0 Å². The van der Waals surface area contributed by atoms with Crippen molar-refractivity contribution in [3.63, 3.8) is 0 Å². The second-order valence-electron chi connectivity index (χ2n) is 0.707. The van der Waals surface area contributed by atoms with Crippen LogP contribution in [0.4, 0.5) is 0 Å². The molecule has 0 aromatic heterocycles. The van der Waals surface area contributed by atoms with E-state index in [9.17, 15) is 0 Å². The van der Waals surface area contributed by atoms with Gasteiger partial charge < -0.3 is 21.7 Å². The molecule has 24 heavy (non-hydrogen) atoms. The Hall–Kier alpha value is 3.62. The summed E-state index contributed by atoms with van der Waals surface area (Å²) in [6, 6.07) is 0. The van der Waals surface area contributed by atoms with Crippen LogP contribution in [-0.4, -0.2) is 38.5 Å². The summed E-state index contributed by atoms with van der Waals surface area (Å²) < 4.78 is 0. The zero-order valence-corrected chi connectivity index (χ0v) is 17.9. The van der Waals surface area contributed by atoms with Gasteiger partial charge in [0.05, 0.1) is 0 Å². The fourth-order valence-corrected chi connectivity index (χ4v) is 0. The van der Waals surface area contributed by atoms with Gasteiger partial charge in [-0.2, -0.15) is 0 Å². The minimum absolute atomic E-state index is 0. The molecule has 0 aliphatic heterocycles. The number of hydrogen-bond donors (Lipinski definition) is 4. The molecule has 0 bridgehead atoms. The third-order valence-electron chi connectivity index (χ3n) is 0. The van der Waals surface area contributed by atoms with E-state index in [1.165, 1.54) is 20.5 Å². The van der Waals surface area contributed by atoms with Crippen molar-refractivity contribution in [1.29, 1.82) is 0 Å². The van der Waals surface area contributed by atoms with Gasteiger partial charge in [0.2, 0.25) is 0 Å². The molecule has 0 saturated carbocycles. The monoisotopic (exact) mass is 444 g/mol. The molecule has 0 heterocycles. The second-order valence-corrected chi connectivity index (χ2v) is 0.707. The van der Waals surface area contributed by atoms with Gasteiger partial charge in [-0.05, 0) is 14.1 Å². The number of hydrogen-bond acceptors (Lipinski definition) is 4. The molecule has 0 spiro atoms. The molecular weight excluding hydrogens is 384 g/mol. The zero-order chi connectivity index (χ0) is 16.7. The van der Waals surface area contributed by atoms with E-state index in [-0.39, 0.29) is 143 Å². The quantitative estimate of drug-likeness (QED) is 0.402. The smallest absolute Gasteiger partial charge is 0.0319 e. The molecular formula is C17H60Ar3N2O2. The summed E-state index contributed by atoms with van der Waals surface area (Å²) in [7, 11) is 5.00. The summed E-state index contributed by atoms with van der Waals surface area (Å²) in [5.41, 5.74) is 9.00. The predicted octanol–water partition coefficient (Wildman–Crippen LogP) is 5.41. The Labute approximate surface area is 250 Å². The summed E-state index contributed by atoms with van der Waals surface area (Å²) in [6.45, 7) is 16.2. The van der Waals surface area contributed by atoms with E-state index in [1.807, 2.05) is 41.5 Å². The largest absolute Gasteiger partial charge is 0.400 e. The van der Waals surface area contributed by atoms with E-state index in [1.54, 1.807) is 0 Å². The molecule has 0 aromatic rings. The van der Waals surface area contributed by atoms with E-state index in [0.29, 0.717) is 0 Å². The van der Waals surface area contributed by atoms with Crippen LogP contribution < -0.4 is 11.5 Å². The van der Waals surface area contributed by atoms with E-state index < -0.39 is 0 Å². The molecule has 6 N–H and O–H groups in total. The van der Waals surface area contributed by atoms with Crippen molar-refractivity contribution in [3.8, 4) is 0 Å². The van der Waals surface area contributed by atoms with Gasteiger partial charge in [-0.15, -0.1) is 0 Å². The molecule has 0 saturated heterocycles. The average Bonchev–Trinajstić information content (AvgIpc) is 2.53. The number of nitrogens with two attached hydrogens (primary N) is 2. The Morgan fingerprint density at radius 3 is 0.458 bits per heavy atom. The molecule has 0 fully saturated rings. The molecule has 0 amide bonds. The SMILES string of the molecule is C.C.C.C.CC.CC.CC.CCC.CN.CN.CO.CO.[Ar].[Ar].[Ar]. The van der Waals surface area contributed by atoms with Crippen molar-refractivity contribution in [2.45, 2.75) is 91.5 Å². The van der Waals surface area contributed by atoms with Gasteiger partial charge in [0.15, 0.2) is 0 Å². The molecule has 0 atom stereocenters. The molecule has 0 aliphatic rings. The second kappa shape index (κ2) is 819. The summed E-state index contributed by atoms with van der Waals surface area (Å²) >= 11 is 0. The normalized spacial score (nSPS) is 2.50. The summed E-state index contributed by atoms with van der Waals surface area (Å²) in [5.74, 6) is 0. The molecule has 4 nitrogen and oxygen atoms in total. The average molecular weight is 445 g/mol. The first-order chi connectivity index (χ1) is 8.41. The fourth-order valence-electron chi connectivity index (χ4n) is 0. The van der Waals surface area contributed by atoms with Crippen LogP contribution in [0, 0.1) is 113 Å². The molecule has 0 rings (SSSR count). The number of aliphatic hydroxyl groups excluding tert-OH is 2. The minimum Gasteiger partial charge on any atom is -0.400 e. The van der Waals surface area contributed by atoms with Crippen molar-refractivity contribution in [2.75, 3.05) is 28.3 Å². The molecule has 7 heteroatoms. The van der Waals surface area contributed by atoms with Crippen LogP contribution in [0.2, 0.25) is 0 Å². The van der Waals surface area contributed by atoms with Crippen molar-refractivity contribution in [3.05, 3.63) is 0 Å². The molecule has 174 valence electrons. The van der Waals surface area contributed by atoms with Gasteiger partial charge in [0.1, 0.15) is 0 Å². The van der Waals surface area contributed by atoms with Crippen LogP contribution >= 0.6 is 0 Å². The Kier molecular flexibility index (Phi) is 4190. The maximum Gasteiger partial charge on any atom is 0.0319 e. The van der Waals surface area contributed by atoms with Gasteiger partial charge in [0.25, 0.3) is 0 Å². The number of aliphatic hydroxyl groups is 2. The van der Waals surface area contributed by atoms with Crippen LogP contribution in [0.15, 0.2) is 0 Å². The Morgan fingerprint density at radius 1 is 0.458 bits per heavy atom. The van der Waals surface area contributed by atoms with Gasteiger partial charge in [0, 0.05) is 127 Å². The number of rotatable bonds is 0. The van der Waals surface area contributed by atoms with Crippen LogP contribution in [0.3, 0.4) is 0 Å². The van der Waals surface area contributed by atoms with Gasteiger partial charge in [-0.25, -0.2) is 0 Å². The molecule has 0 unspecified atom stereocenters. The minimum atomic E-state index is 0. The van der Waals surface area contributed by atoms with Gasteiger partial charge in [-0.3, -0.25) is 0 Å². The van der Waals surface area contributed by atoms with E-state index in [4.69, 9.17) is 10.2 Å². The fraction of sp³-hybridized carbons (Fsp3) is 1.00. The first-order valence-electron chi connectivity index (χ1n) is 6.46. The van der Waals surface area contributed by atoms with Crippen molar-refractivity contribution >= 4 is 0 Å². The Bertz CT molecular complexity index is 31.8. The third kappa shape index (κ3) is 1190. The van der Waals surface area contributed by atoms with Crippen LogP contribution in [0.5, 0.6) is 0 Å². The van der Waals surface area contributed by atoms with E-state index in [2.05, 4.69) is 25.3 Å². The van der Waals surface area contributed by atoms with E-state index >= 15 is 0 Å². The van der Waals surface area contributed by atoms with E-state index in [0.717, 1.165) is 14.2 Å². The summed E-state index contributed by atoms with van der Waals surface area (Å²) in [6.07, 6.45) is 1.25. The Morgan fingerprint density at radius 2 is 0.458 bits per heavy atom. The van der Waals surface area contributed by atoms with Crippen molar-refractivity contribution < 1.29 is 123 Å². The van der Waals surface area contributed by atoms with Crippen molar-refractivity contribution in [2.24, 2.45) is 11.5 Å². The van der Waals surface area contributed by atoms with Crippen LogP contribution in [0.1, 0.15) is 91.5 Å². The maximum atomic E-state index is 7.00. The standard InChI is InChI=1S/C3H8.3C2H6.2CH5N.2CH4O.4CH4.3Ar/c1-3-2;7*1-2;;;;;;;/h3H2,1-2H3;3*1-2H3;2*2H2,1H3;2*2H,1H3;4*1H4;;;. The molecule has 0 aliphatic carbocycles. The molecule has 0 radical (unpaired) electrons. The summed E-state index contributed by atoms with van der Waals surface area (Å²) in [5, 5.41) is 14.0. The Balaban J connectivity index is -0.00000000286. The first kappa shape index (κ1) is 123. The van der Waals surface area contributed by atoms with Gasteiger partial charge in [-0.1, -0.05) is 91.5 Å². The zero-order valence-electron chi connectivity index (χ0n) is 15.8. The summed E-state index contributed by atoms with van der Waals surface area (Å²) in [4.78, 5) is 0. The third-order valence-corrected chi connectivity index (χ3v) is 0.